The zero-order chi connectivity index (χ0) is 9.68. The van der Waals surface area contributed by atoms with Crippen LogP contribution >= 0.6 is 35.0 Å². The SMILES string of the molecule is N#Cc1ccc(SCCCl)cc1Cl. The smallest absolute Gasteiger partial charge is 0.101 e. The summed E-state index contributed by atoms with van der Waals surface area (Å²) in [6.45, 7) is 0. The van der Waals surface area contributed by atoms with E-state index >= 15 is 0 Å². The lowest BCUT2D eigenvalue weighted by Crippen LogP contribution is -1.81. The number of rotatable bonds is 3. The molecule has 0 amide bonds. The van der Waals surface area contributed by atoms with E-state index in [0.29, 0.717) is 16.5 Å². The molecule has 0 heterocycles. The fourth-order valence-corrected chi connectivity index (χ4v) is 2.03. The largest absolute Gasteiger partial charge is 0.192 e. The van der Waals surface area contributed by atoms with Gasteiger partial charge in [0.05, 0.1) is 10.6 Å². The Balaban J connectivity index is 2.79. The maximum Gasteiger partial charge on any atom is 0.101 e. The third kappa shape index (κ3) is 3.11. The number of nitriles is 1. The van der Waals surface area contributed by atoms with E-state index in [9.17, 15) is 0 Å². The predicted molar refractivity (Wildman–Crippen MR) is 57.6 cm³/mol. The third-order valence-electron chi connectivity index (χ3n) is 1.41. The van der Waals surface area contributed by atoms with Crippen molar-refractivity contribution in [3.05, 3.63) is 28.8 Å². The zero-order valence-electron chi connectivity index (χ0n) is 6.76. The molecule has 1 aromatic rings. The van der Waals surface area contributed by atoms with E-state index in [1.54, 1.807) is 23.9 Å². The molecule has 1 rings (SSSR count). The van der Waals surface area contributed by atoms with Crippen LogP contribution in [0.1, 0.15) is 5.56 Å². The number of hydrogen-bond donors (Lipinski definition) is 0. The molecule has 0 fully saturated rings. The molecular weight excluding hydrogens is 225 g/mol. The maximum atomic E-state index is 8.62. The summed E-state index contributed by atoms with van der Waals surface area (Å²) in [5, 5.41) is 9.12. The molecule has 68 valence electrons. The van der Waals surface area contributed by atoms with E-state index in [2.05, 4.69) is 0 Å². The molecule has 4 heteroatoms. The Hall–Kier alpha value is -0.360. The summed E-state index contributed by atoms with van der Waals surface area (Å²) >= 11 is 13.0. The maximum absolute atomic E-state index is 8.62. The van der Waals surface area contributed by atoms with Crippen LogP contribution in [0.5, 0.6) is 0 Å². The van der Waals surface area contributed by atoms with Crippen molar-refractivity contribution in [3.63, 3.8) is 0 Å². The third-order valence-corrected chi connectivity index (χ3v) is 3.13. The van der Waals surface area contributed by atoms with E-state index in [4.69, 9.17) is 28.5 Å². The van der Waals surface area contributed by atoms with E-state index < -0.39 is 0 Å². The second kappa shape index (κ2) is 5.39. The van der Waals surface area contributed by atoms with Crippen LogP contribution in [-0.2, 0) is 0 Å². The van der Waals surface area contributed by atoms with Crippen molar-refractivity contribution in [1.29, 1.82) is 5.26 Å². The lowest BCUT2D eigenvalue weighted by atomic mass is 10.2. The Morgan fingerprint density at radius 1 is 1.46 bits per heavy atom. The van der Waals surface area contributed by atoms with E-state index in [0.717, 1.165) is 10.6 Å². The number of thioether (sulfide) groups is 1. The molecule has 0 atom stereocenters. The molecule has 0 aliphatic rings. The average Bonchev–Trinajstić information content (AvgIpc) is 2.15. The van der Waals surface area contributed by atoms with Gasteiger partial charge in [-0.2, -0.15) is 5.26 Å². The second-order valence-electron chi connectivity index (χ2n) is 2.29. The Labute approximate surface area is 91.6 Å². The monoisotopic (exact) mass is 231 g/mol. The first-order valence-corrected chi connectivity index (χ1v) is 5.56. The summed E-state index contributed by atoms with van der Waals surface area (Å²) < 4.78 is 0. The van der Waals surface area contributed by atoms with Gasteiger partial charge in [-0.3, -0.25) is 0 Å². The minimum absolute atomic E-state index is 0.502. The van der Waals surface area contributed by atoms with Crippen molar-refractivity contribution < 1.29 is 0 Å². The molecule has 0 aliphatic carbocycles. The quantitative estimate of drug-likeness (QED) is 0.587. The molecule has 0 saturated heterocycles. The standard InChI is InChI=1S/C9H7Cl2NS/c10-3-4-13-8-2-1-7(6-12)9(11)5-8/h1-2,5H,3-4H2. The summed E-state index contributed by atoms with van der Waals surface area (Å²) in [6, 6.07) is 7.40. The van der Waals surface area contributed by atoms with Gasteiger partial charge in [-0.1, -0.05) is 11.6 Å². The van der Waals surface area contributed by atoms with Gasteiger partial charge in [0.25, 0.3) is 0 Å². The fraction of sp³-hybridized carbons (Fsp3) is 0.222. The first kappa shape index (κ1) is 10.7. The molecular formula is C9H7Cl2NS. The minimum atomic E-state index is 0.502. The molecule has 0 bridgehead atoms. The average molecular weight is 232 g/mol. The van der Waals surface area contributed by atoms with Gasteiger partial charge in [-0.25, -0.2) is 0 Å². The summed E-state index contributed by atoms with van der Waals surface area (Å²) in [5.74, 6) is 1.46. The Bertz CT molecular complexity index is 333. The van der Waals surface area contributed by atoms with Crippen molar-refractivity contribution in [2.24, 2.45) is 0 Å². The zero-order valence-corrected chi connectivity index (χ0v) is 9.09. The van der Waals surface area contributed by atoms with Gasteiger partial charge in [0.15, 0.2) is 0 Å². The van der Waals surface area contributed by atoms with Crippen LogP contribution in [0.15, 0.2) is 23.1 Å². The highest BCUT2D eigenvalue weighted by molar-refractivity contribution is 7.99. The van der Waals surface area contributed by atoms with Gasteiger partial charge in [0.1, 0.15) is 6.07 Å². The lowest BCUT2D eigenvalue weighted by molar-refractivity contribution is 1.40. The van der Waals surface area contributed by atoms with Crippen LogP contribution in [-0.4, -0.2) is 11.6 Å². The van der Waals surface area contributed by atoms with Crippen molar-refractivity contribution in [1.82, 2.24) is 0 Å². The van der Waals surface area contributed by atoms with E-state index in [-0.39, 0.29) is 0 Å². The molecule has 0 spiro atoms. The molecule has 0 radical (unpaired) electrons. The van der Waals surface area contributed by atoms with Crippen LogP contribution < -0.4 is 0 Å². The van der Waals surface area contributed by atoms with Crippen molar-refractivity contribution in [2.45, 2.75) is 4.90 Å². The highest BCUT2D eigenvalue weighted by Gasteiger charge is 2.00. The van der Waals surface area contributed by atoms with Crippen LogP contribution in [0.2, 0.25) is 5.02 Å². The van der Waals surface area contributed by atoms with Crippen molar-refractivity contribution in [3.8, 4) is 6.07 Å². The van der Waals surface area contributed by atoms with Crippen LogP contribution in [0.3, 0.4) is 0 Å². The molecule has 0 unspecified atom stereocenters. The van der Waals surface area contributed by atoms with E-state index in [1.807, 2.05) is 12.1 Å². The predicted octanol–water partition coefficient (Wildman–Crippen LogP) is 3.54. The number of nitrogens with zero attached hydrogens (tertiary/aromatic N) is 1. The number of hydrogen-bond acceptors (Lipinski definition) is 2. The number of benzene rings is 1. The van der Waals surface area contributed by atoms with Crippen LogP contribution in [0, 0.1) is 11.3 Å². The summed E-state index contributed by atoms with van der Waals surface area (Å²) in [5.41, 5.74) is 0.511. The van der Waals surface area contributed by atoms with Crippen molar-refractivity contribution in [2.75, 3.05) is 11.6 Å². The lowest BCUT2D eigenvalue weighted by Gasteiger charge is -2.00. The Morgan fingerprint density at radius 2 is 2.23 bits per heavy atom. The molecule has 0 saturated carbocycles. The molecule has 0 N–H and O–H groups in total. The van der Waals surface area contributed by atoms with Crippen LogP contribution in [0.25, 0.3) is 0 Å². The molecule has 0 aromatic heterocycles. The van der Waals surface area contributed by atoms with Gasteiger partial charge in [-0.15, -0.1) is 23.4 Å². The van der Waals surface area contributed by atoms with Gasteiger partial charge in [0.2, 0.25) is 0 Å². The van der Waals surface area contributed by atoms with Gasteiger partial charge in [-0.05, 0) is 18.2 Å². The molecule has 13 heavy (non-hydrogen) atoms. The highest BCUT2D eigenvalue weighted by Crippen LogP contribution is 2.24. The molecule has 1 nitrogen and oxygen atoms in total. The van der Waals surface area contributed by atoms with Gasteiger partial charge in [0, 0.05) is 16.5 Å². The van der Waals surface area contributed by atoms with Gasteiger partial charge >= 0.3 is 0 Å². The summed E-state index contributed by atoms with van der Waals surface area (Å²) in [7, 11) is 0. The van der Waals surface area contributed by atoms with Gasteiger partial charge < -0.3 is 0 Å². The summed E-state index contributed by atoms with van der Waals surface area (Å²) in [6.07, 6.45) is 0. The Kier molecular flexibility index (Phi) is 4.44. The normalized spacial score (nSPS) is 9.62. The first-order chi connectivity index (χ1) is 6.27. The number of halogens is 2. The fourth-order valence-electron chi connectivity index (χ4n) is 0.833. The van der Waals surface area contributed by atoms with Crippen LogP contribution in [0.4, 0.5) is 0 Å². The van der Waals surface area contributed by atoms with Crippen molar-refractivity contribution >= 4 is 35.0 Å². The Morgan fingerprint density at radius 3 is 2.77 bits per heavy atom. The molecule has 1 aromatic carbocycles. The topological polar surface area (TPSA) is 23.8 Å². The minimum Gasteiger partial charge on any atom is -0.192 e. The molecule has 0 aliphatic heterocycles. The second-order valence-corrected chi connectivity index (χ2v) is 4.24. The highest BCUT2D eigenvalue weighted by atomic mass is 35.5. The van der Waals surface area contributed by atoms with E-state index in [1.165, 1.54) is 0 Å². The first-order valence-electron chi connectivity index (χ1n) is 3.66. The number of alkyl halides is 1. The summed E-state index contributed by atoms with van der Waals surface area (Å²) in [4.78, 5) is 1.05.